The van der Waals surface area contributed by atoms with Crippen LogP contribution >= 0.6 is 23.1 Å². The van der Waals surface area contributed by atoms with Crippen LogP contribution in [0.4, 0.5) is 15.2 Å². The van der Waals surface area contributed by atoms with Crippen LogP contribution in [0.1, 0.15) is 10.4 Å². The molecule has 0 saturated heterocycles. The number of carbonyl (C=O) groups excluding carboxylic acids is 2. The Morgan fingerprint density at radius 1 is 0.938 bits per heavy atom. The largest absolute Gasteiger partial charge is 0.322 e. The molecule has 0 spiro atoms. The standard InChI is InChI=1S/C24H18FN3O2S2/c25-18-11-9-17(10-12-18)23(30)26-19-7-4-8-20(13-19)31-15-22(29)28-24-27-21(14-32-24)16-5-2-1-3-6-16/h1-14H,15H2,(H,26,30)(H,27,28,29). The molecule has 0 atom stereocenters. The fraction of sp³-hybridized carbons (Fsp3) is 0.0417. The molecule has 0 radical (unpaired) electrons. The van der Waals surface area contributed by atoms with Gasteiger partial charge < -0.3 is 10.6 Å². The highest BCUT2D eigenvalue weighted by Crippen LogP contribution is 2.26. The minimum Gasteiger partial charge on any atom is -0.322 e. The quantitative estimate of drug-likeness (QED) is 0.333. The number of amides is 2. The minimum absolute atomic E-state index is 0.162. The number of aromatic nitrogens is 1. The van der Waals surface area contributed by atoms with E-state index in [1.54, 1.807) is 18.2 Å². The second kappa shape index (κ2) is 10.2. The van der Waals surface area contributed by atoms with Gasteiger partial charge in [-0.15, -0.1) is 23.1 Å². The Kier molecular flexibility index (Phi) is 6.94. The fourth-order valence-electron chi connectivity index (χ4n) is 2.85. The summed E-state index contributed by atoms with van der Waals surface area (Å²) in [5, 5.41) is 8.06. The van der Waals surface area contributed by atoms with E-state index in [1.165, 1.54) is 47.4 Å². The normalized spacial score (nSPS) is 10.5. The highest BCUT2D eigenvalue weighted by atomic mass is 32.2. The van der Waals surface area contributed by atoms with Crippen LogP contribution in [0.15, 0.2) is 89.1 Å². The summed E-state index contributed by atoms with van der Waals surface area (Å²) in [5.41, 5.74) is 2.78. The van der Waals surface area contributed by atoms with Gasteiger partial charge in [0.25, 0.3) is 5.91 Å². The molecule has 1 aromatic heterocycles. The zero-order valence-corrected chi connectivity index (χ0v) is 18.4. The monoisotopic (exact) mass is 463 g/mol. The first-order valence-corrected chi connectivity index (χ1v) is 11.5. The topological polar surface area (TPSA) is 71.1 Å². The molecule has 2 amide bonds. The third kappa shape index (κ3) is 5.81. The highest BCUT2D eigenvalue weighted by molar-refractivity contribution is 8.00. The van der Waals surface area contributed by atoms with Crippen molar-refractivity contribution in [2.75, 3.05) is 16.4 Å². The van der Waals surface area contributed by atoms with E-state index >= 15 is 0 Å². The molecule has 0 aliphatic heterocycles. The van der Waals surface area contributed by atoms with E-state index in [0.29, 0.717) is 16.4 Å². The van der Waals surface area contributed by atoms with Gasteiger partial charge in [-0.05, 0) is 42.5 Å². The van der Waals surface area contributed by atoms with E-state index < -0.39 is 5.82 Å². The number of nitrogens with one attached hydrogen (secondary N) is 2. The number of nitrogens with zero attached hydrogens (tertiary/aromatic N) is 1. The Hall–Kier alpha value is -3.49. The Morgan fingerprint density at radius 2 is 1.72 bits per heavy atom. The lowest BCUT2D eigenvalue weighted by atomic mass is 10.2. The molecule has 160 valence electrons. The number of hydrogen-bond donors (Lipinski definition) is 2. The molecule has 8 heteroatoms. The zero-order chi connectivity index (χ0) is 22.3. The molecule has 32 heavy (non-hydrogen) atoms. The van der Waals surface area contributed by atoms with Gasteiger partial charge in [-0.1, -0.05) is 36.4 Å². The third-order valence-corrected chi connectivity index (χ3v) is 6.14. The SMILES string of the molecule is O=C(CSc1cccc(NC(=O)c2ccc(F)cc2)c1)Nc1nc(-c2ccccc2)cs1. The molecule has 5 nitrogen and oxygen atoms in total. The zero-order valence-electron chi connectivity index (χ0n) is 16.7. The van der Waals surface area contributed by atoms with Gasteiger partial charge in [-0.3, -0.25) is 9.59 Å². The molecular formula is C24H18FN3O2S2. The lowest BCUT2D eigenvalue weighted by Crippen LogP contribution is -2.14. The van der Waals surface area contributed by atoms with Crippen molar-refractivity contribution < 1.29 is 14.0 Å². The molecule has 0 saturated carbocycles. The van der Waals surface area contributed by atoms with Gasteiger partial charge >= 0.3 is 0 Å². The van der Waals surface area contributed by atoms with E-state index in [1.807, 2.05) is 41.8 Å². The van der Waals surface area contributed by atoms with Gasteiger partial charge in [-0.25, -0.2) is 9.37 Å². The van der Waals surface area contributed by atoms with E-state index in [0.717, 1.165) is 16.2 Å². The molecule has 3 aromatic carbocycles. The van der Waals surface area contributed by atoms with Gasteiger partial charge in [0.15, 0.2) is 5.13 Å². The van der Waals surface area contributed by atoms with Crippen molar-refractivity contribution in [2.45, 2.75) is 4.90 Å². The number of benzene rings is 3. The summed E-state index contributed by atoms with van der Waals surface area (Å²) in [7, 11) is 0. The van der Waals surface area contributed by atoms with Gasteiger partial charge in [0.1, 0.15) is 5.82 Å². The predicted octanol–water partition coefficient (Wildman–Crippen LogP) is 5.93. The Morgan fingerprint density at radius 3 is 2.50 bits per heavy atom. The van der Waals surface area contributed by atoms with Gasteiger partial charge in [0.05, 0.1) is 11.4 Å². The molecule has 2 N–H and O–H groups in total. The first-order chi connectivity index (χ1) is 15.6. The van der Waals surface area contributed by atoms with Crippen molar-refractivity contribution >= 4 is 45.7 Å². The second-order valence-electron chi connectivity index (χ2n) is 6.73. The maximum atomic E-state index is 13.0. The molecule has 0 fully saturated rings. The average Bonchev–Trinajstić information content (AvgIpc) is 3.27. The summed E-state index contributed by atoms with van der Waals surface area (Å²) in [6.07, 6.45) is 0. The van der Waals surface area contributed by atoms with Gasteiger partial charge in [0, 0.05) is 27.1 Å². The molecule has 1 heterocycles. The van der Waals surface area contributed by atoms with Crippen molar-refractivity contribution in [3.05, 3.63) is 95.6 Å². The Labute approximate surface area is 192 Å². The van der Waals surface area contributed by atoms with Gasteiger partial charge in [-0.2, -0.15) is 0 Å². The number of rotatable bonds is 7. The van der Waals surface area contributed by atoms with Gasteiger partial charge in [0.2, 0.25) is 5.91 Å². The minimum atomic E-state index is -0.396. The predicted molar refractivity (Wildman–Crippen MR) is 128 cm³/mol. The lowest BCUT2D eigenvalue weighted by Gasteiger charge is -2.08. The van der Waals surface area contributed by atoms with Crippen LogP contribution in [0.25, 0.3) is 11.3 Å². The summed E-state index contributed by atoms with van der Waals surface area (Å²) in [5.74, 6) is -0.685. The fourth-order valence-corrected chi connectivity index (χ4v) is 4.34. The van der Waals surface area contributed by atoms with E-state index in [9.17, 15) is 14.0 Å². The first kappa shape index (κ1) is 21.7. The molecule has 0 aliphatic rings. The number of carbonyl (C=O) groups is 2. The molecule has 0 unspecified atom stereocenters. The second-order valence-corrected chi connectivity index (χ2v) is 8.64. The van der Waals surface area contributed by atoms with Crippen molar-refractivity contribution in [3.63, 3.8) is 0 Å². The Bertz CT molecular complexity index is 1230. The summed E-state index contributed by atoms with van der Waals surface area (Å²) < 4.78 is 13.0. The average molecular weight is 464 g/mol. The molecule has 4 rings (SSSR count). The lowest BCUT2D eigenvalue weighted by molar-refractivity contribution is -0.113. The van der Waals surface area contributed by atoms with Crippen molar-refractivity contribution in [1.82, 2.24) is 4.98 Å². The number of hydrogen-bond acceptors (Lipinski definition) is 5. The number of anilines is 2. The van der Waals surface area contributed by atoms with E-state index in [-0.39, 0.29) is 17.6 Å². The van der Waals surface area contributed by atoms with E-state index in [2.05, 4.69) is 15.6 Å². The van der Waals surface area contributed by atoms with Crippen LogP contribution in [0.3, 0.4) is 0 Å². The van der Waals surface area contributed by atoms with Crippen molar-refractivity contribution in [1.29, 1.82) is 0 Å². The summed E-state index contributed by atoms with van der Waals surface area (Å²) in [4.78, 5) is 29.9. The van der Waals surface area contributed by atoms with E-state index in [4.69, 9.17) is 0 Å². The summed E-state index contributed by atoms with van der Waals surface area (Å²) in [6.45, 7) is 0. The van der Waals surface area contributed by atoms with Crippen LogP contribution in [0.5, 0.6) is 0 Å². The highest BCUT2D eigenvalue weighted by Gasteiger charge is 2.10. The molecule has 0 bridgehead atoms. The summed E-state index contributed by atoms with van der Waals surface area (Å²) >= 11 is 2.73. The van der Waals surface area contributed by atoms with Crippen LogP contribution in [0.2, 0.25) is 0 Å². The van der Waals surface area contributed by atoms with Crippen LogP contribution in [-0.2, 0) is 4.79 Å². The maximum Gasteiger partial charge on any atom is 0.255 e. The summed E-state index contributed by atoms with van der Waals surface area (Å²) in [6, 6.07) is 22.3. The van der Waals surface area contributed by atoms with Crippen LogP contribution < -0.4 is 10.6 Å². The molecule has 0 aliphatic carbocycles. The third-order valence-electron chi connectivity index (χ3n) is 4.39. The Balaban J connectivity index is 1.31. The number of thiazole rings is 1. The van der Waals surface area contributed by atoms with Crippen molar-refractivity contribution in [2.24, 2.45) is 0 Å². The first-order valence-electron chi connectivity index (χ1n) is 9.67. The maximum absolute atomic E-state index is 13.0. The smallest absolute Gasteiger partial charge is 0.255 e. The number of thioether (sulfide) groups is 1. The number of halogens is 1. The van der Waals surface area contributed by atoms with Crippen molar-refractivity contribution in [3.8, 4) is 11.3 Å². The van der Waals surface area contributed by atoms with Crippen LogP contribution in [0, 0.1) is 5.82 Å². The molecular weight excluding hydrogens is 445 g/mol. The molecule has 4 aromatic rings. The van der Waals surface area contributed by atoms with Crippen LogP contribution in [-0.4, -0.2) is 22.6 Å².